The van der Waals surface area contributed by atoms with Gasteiger partial charge in [0.25, 0.3) is 5.91 Å². The summed E-state index contributed by atoms with van der Waals surface area (Å²) in [5, 5.41) is 6.67. The van der Waals surface area contributed by atoms with Crippen molar-refractivity contribution in [2.75, 3.05) is 7.11 Å². The summed E-state index contributed by atoms with van der Waals surface area (Å²) in [6, 6.07) is 16.3. The van der Waals surface area contributed by atoms with Gasteiger partial charge in [0.1, 0.15) is 5.75 Å². The third-order valence-electron chi connectivity index (χ3n) is 3.25. The van der Waals surface area contributed by atoms with Gasteiger partial charge in [0.15, 0.2) is 0 Å². The fourth-order valence-electron chi connectivity index (χ4n) is 2.11. The first-order valence-electron chi connectivity index (χ1n) is 7.07. The Morgan fingerprint density at radius 2 is 1.87 bits per heavy atom. The molecule has 2 aromatic carbocycles. The molecule has 3 aromatic rings. The van der Waals surface area contributed by atoms with Gasteiger partial charge in [-0.3, -0.25) is 4.79 Å². The van der Waals surface area contributed by atoms with E-state index in [2.05, 4.69) is 15.5 Å². The lowest BCUT2D eigenvalue weighted by molar-refractivity contribution is 0.0946. The van der Waals surface area contributed by atoms with Gasteiger partial charge < -0.3 is 14.6 Å². The fourth-order valence-corrected chi connectivity index (χ4v) is 2.11. The van der Waals surface area contributed by atoms with Crippen molar-refractivity contribution < 1.29 is 14.1 Å². The van der Waals surface area contributed by atoms with Crippen LogP contribution in [0.2, 0.25) is 0 Å². The third kappa shape index (κ3) is 3.37. The molecule has 0 bridgehead atoms. The van der Waals surface area contributed by atoms with Crippen LogP contribution in [0, 0.1) is 0 Å². The van der Waals surface area contributed by atoms with Crippen molar-refractivity contribution >= 4 is 5.91 Å². The number of rotatable bonds is 5. The van der Waals surface area contributed by atoms with Gasteiger partial charge in [-0.05, 0) is 24.3 Å². The standard InChI is InChI=1S/C17H15N3O3/c1-22-14-10-6-5-9-13(14)16-19-15(23-20-16)11-18-17(21)12-7-3-2-4-8-12/h2-10H,11H2,1H3,(H,18,21). The predicted octanol–water partition coefficient (Wildman–Crippen LogP) is 2.68. The number of nitrogens with one attached hydrogen (secondary N) is 1. The molecule has 116 valence electrons. The first-order valence-corrected chi connectivity index (χ1v) is 7.07. The van der Waals surface area contributed by atoms with Gasteiger partial charge in [-0.2, -0.15) is 4.98 Å². The summed E-state index contributed by atoms with van der Waals surface area (Å²) in [5.74, 6) is 1.22. The molecule has 1 amide bonds. The molecule has 3 rings (SSSR count). The minimum atomic E-state index is -0.192. The second-order valence-electron chi connectivity index (χ2n) is 4.76. The zero-order valence-electron chi connectivity index (χ0n) is 12.5. The maximum atomic E-state index is 12.0. The van der Waals surface area contributed by atoms with Gasteiger partial charge in [-0.15, -0.1) is 0 Å². The van der Waals surface area contributed by atoms with Crippen LogP contribution in [0.5, 0.6) is 5.75 Å². The maximum absolute atomic E-state index is 12.0. The highest BCUT2D eigenvalue weighted by Crippen LogP contribution is 2.26. The monoisotopic (exact) mass is 309 g/mol. The molecule has 6 nitrogen and oxygen atoms in total. The van der Waals surface area contributed by atoms with Crippen LogP contribution in [0.3, 0.4) is 0 Å². The van der Waals surface area contributed by atoms with Crippen LogP contribution in [-0.2, 0) is 6.54 Å². The van der Waals surface area contributed by atoms with Gasteiger partial charge in [-0.25, -0.2) is 0 Å². The van der Waals surface area contributed by atoms with E-state index >= 15 is 0 Å². The SMILES string of the molecule is COc1ccccc1-c1noc(CNC(=O)c2ccccc2)n1. The molecule has 0 aliphatic rings. The van der Waals surface area contributed by atoms with Crippen molar-refractivity contribution in [1.82, 2.24) is 15.5 Å². The Hall–Kier alpha value is -3.15. The van der Waals surface area contributed by atoms with Crippen LogP contribution >= 0.6 is 0 Å². The molecule has 6 heteroatoms. The van der Waals surface area contributed by atoms with Gasteiger partial charge in [0.2, 0.25) is 11.7 Å². The summed E-state index contributed by atoms with van der Waals surface area (Å²) >= 11 is 0. The second kappa shape index (κ2) is 6.74. The number of carbonyl (C=O) groups is 1. The van der Waals surface area contributed by atoms with Gasteiger partial charge in [0, 0.05) is 5.56 Å². The highest BCUT2D eigenvalue weighted by atomic mass is 16.5. The van der Waals surface area contributed by atoms with E-state index in [1.54, 1.807) is 31.4 Å². The molecule has 0 atom stereocenters. The van der Waals surface area contributed by atoms with Crippen molar-refractivity contribution in [3.05, 3.63) is 66.1 Å². The van der Waals surface area contributed by atoms with E-state index < -0.39 is 0 Å². The van der Waals surface area contributed by atoms with Crippen LogP contribution < -0.4 is 10.1 Å². The summed E-state index contributed by atoms with van der Waals surface area (Å²) in [7, 11) is 1.58. The lowest BCUT2D eigenvalue weighted by Crippen LogP contribution is -2.22. The molecule has 0 spiro atoms. The molecule has 0 aliphatic heterocycles. The second-order valence-corrected chi connectivity index (χ2v) is 4.76. The first-order chi connectivity index (χ1) is 11.3. The van der Waals surface area contributed by atoms with Gasteiger partial charge in [-0.1, -0.05) is 35.5 Å². The average molecular weight is 309 g/mol. The van der Waals surface area contributed by atoms with E-state index in [1.165, 1.54) is 0 Å². The molecule has 0 aliphatic carbocycles. The molecular weight excluding hydrogens is 294 g/mol. The summed E-state index contributed by atoms with van der Waals surface area (Å²) < 4.78 is 10.4. The van der Waals surface area contributed by atoms with Crippen LogP contribution in [-0.4, -0.2) is 23.2 Å². The maximum Gasteiger partial charge on any atom is 0.251 e. The molecule has 1 heterocycles. The van der Waals surface area contributed by atoms with E-state index in [1.807, 2.05) is 30.3 Å². The molecule has 0 saturated heterocycles. The zero-order chi connectivity index (χ0) is 16.1. The third-order valence-corrected chi connectivity index (χ3v) is 3.25. The number of benzene rings is 2. The number of nitrogens with zero attached hydrogens (tertiary/aromatic N) is 2. The smallest absolute Gasteiger partial charge is 0.251 e. The number of aromatic nitrogens is 2. The molecule has 23 heavy (non-hydrogen) atoms. The van der Waals surface area contributed by atoms with Crippen LogP contribution in [0.4, 0.5) is 0 Å². The largest absolute Gasteiger partial charge is 0.496 e. The molecular formula is C17H15N3O3. The van der Waals surface area contributed by atoms with Gasteiger partial charge in [0.05, 0.1) is 19.2 Å². The van der Waals surface area contributed by atoms with E-state index in [9.17, 15) is 4.79 Å². The van der Waals surface area contributed by atoms with Crippen molar-refractivity contribution in [2.24, 2.45) is 0 Å². The summed E-state index contributed by atoms with van der Waals surface area (Å²) in [6.07, 6.45) is 0. The van der Waals surface area contributed by atoms with Crippen LogP contribution in [0.1, 0.15) is 16.2 Å². The summed E-state index contributed by atoms with van der Waals surface area (Å²) in [4.78, 5) is 16.3. The molecule has 0 fully saturated rings. The van der Waals surface area contributed by atoms with Crippen molar-refractivity contribution in [3.63, 3.8) is 0 Å². The van der Waals surface area contributed by atoms with Crippen LogP contribution in [0.15, 0.2) is 59.1 Å². The minimum absolute atomic E-state index is 0.163. The van der Waals surface area contributed by atoms with Crippen molar-refractivity contribution in [2.45, 2.75) is 6.54 Å². The number of methoxy groups -OCH3 is 1. The Morgan fingerprint density at radius 1 is 1.13 bits per heavy atom. The topological polar surface area (TPSA) is 77.3 Å². The number of hydrogen-bond donors (Lipinski definition) is 1. The summed E-state index contributed by atoms with van der Waals surface area (Å²) in [6.45, 7) is 0.163. The van der Waals surface area contributed by atoms with Crippen molar-refractivity contribution in [3.8, 4) is 17.1 Å². The van der Waals surface area contributed by atoms with E-state index in [0.717, 1.165) is 5.56 Å². The molecule has 1 aromatic heterocycles. The van der Waals surface area contributed by atoms with E-state index in [4.69, 9.17) is 9.26 Å². The molecule has 1 N–H and O–H groups in total. The lowest BCUT2D eigenvalue weighted by Gasteiger charge is -2.03. The number of para-hydroxylation sites is 1. The minimum Gasteiger partial charge on any atom is -0.496 e. The van der Waals surface area contributed by atoms with Crippen LogP contribution in [0.25, 0.3) is 11.4 Å². The number of hydrogen-bond acceptors (Lipinski definition) is 5. The first kappa shape index (κ1) is 14.8. The van der Waals surface area contributed by atoms with E-state index in [-0.39, 0.29) is 12.5 Å². The highest BCUT2D eigenvalue weighted by Gasteiger charge is 2.13. The molecule has 0 unspecified atom stereocenters. The number of ether oxygens (including phenoxy) is 1. The normalized spacial score (nSPS) is 10.3. The Bertz CT molecular complexity index is 800. The fraction of sp³-hybridized carbons (Fsp3) is 0.118. The average Bonchev–Trinajstić information content (AvgIpc) is 3.09. The summed E-state index contributed by atoms with van der Waals surface area (Å²) in [5.41, 5.74) is 1.32. The zero-order valence-corrected chi connectivity index (χ0v) is 12.5. The Balaban J connectivity index is 1.69. The van der Waals surface area contributed by atoms with Gasteiger partial charge >= 0.3 is 0 Å². The number of amides is 1. The lowest BCUT2D eigenvalue weighted by atomic mass is 10.2. The Morgan fingerprint density at radius 3 is 2.65 bits per heavy atom. The molecule has 0 saturated carbocycles. The predicted molar refractivity (Wildman–Crippen MR) is 83.9 cm³/mol. The highest BCUT2D eigenvalue weighted by molar-refractivity contribution is 5.93. The van der Waals surface area contributed by atoms with E-state index in [0.29, 0.717) is 23.0 Å². The Labute approximate surface area is 133 Å². The number of carbonyl (C=O) groups excluding carboxylic acids is 1. The van der Waals surface area contributed by atoms with Crippen molar-refractivity contribution in [1.29, 1.82) is 0 Å². The molecule has 0 radical (unpaired) electrons. The quantitative estimate of drug-likeness (QED) is 0.784. The Kier molecular flexibility index (Phi) is 4.33.